The summed E-state index contributed by atoms with van der Waals surface area (Å²) in [5.41, 5.74) is 6.24. The third-order valence-electron chi connectivity index (χ3n) is 6.86. The van der Waals surface area contributed by atoms with Crippen LogP contribution in [0.4, 0.5) is 10.5 Å². The van der Waals surface area contributed by atoms with Crippen LogP contribution in [0.3, 0.4) is 0 Å². The molecule has 2 unspecified atom stereocenters. The van der Waals surface area contributed by atoms with Crippen molar-refractivity contribution in [3.05, 3.63) is 89.5 Å². The summed E-state index contributed by atoms with van der Waals surface area (Å²) in [6.45, 7) is 3.71. The largest absolute Gasteiger partial charge is 0.449 e. The SMILES string of the molecule is O=C(NCC(O)C(O)c1cccc(N2CCNCC2)c1)OCC1c2ccccc2-c2ccccc21. The van der Waals surface area contributed by atoms with Crippen LogP contribution in [-0.4, -0.2) is 61.7 Å². The first-order valence-corrected chi connectivity index (χ1v) is 12.1. The summed E-state index contributed by atoms with van der Waals surface area (Å²) >= 11 is 0. The fourth-order valence-corrected chi connectivity index (χ4v) is 5.00. The molecule has 5 rings (SSSR count). The molecule has 7 heteroatoms. The Balaban J connectivity index is 1.15. The molecule has 4 N–H and O–H groups in total. The molecule has 0 saturated carbocycles. The average Bonchev–Trinajstić information content (AvgIpc) is 3.24. The number of hydrogen-bond donors (Lipinski definition) is 4. The minimum Gasteiger partial charge on any atom is -0.449 e. The van der Waals surface area contributed by atoms with Crippen LogP contribution in [0.1, 0.15) is 28.7 Å². The van der Waals surface area contributed by atoms with E-state index < -0.39 is 18.3 Å². The molecule has 0 spiro atoms. The van der Waals surface area contributed by atoms with Gasteiger partial charge < -0.3 is 30.5 Å². The van der Waals surface area contributed by atoms with E-state index in [1.807, 2.05) is 42.5 Å². The monoisotopic (exact) mass is 473 g/mol. The lowest BCUT2D eigenvalue weighted by Gasteiger charge is -2.30. The van der Waals surface area contributed by atoms with E-state index in [1.54, 1.807) is 6.07 Å². The molecular weight excluding hydrogens is 442 g/mol. The van der Waals surface area contributed by atoms with Crippen molar-refractivity contribution in [3.8, 4) is 11.1 Å². The molecule has 1 heterocycles. The van der Waals surface area contributed by atoms with Gasteiger partial charge in [-0.25, -0.2) is 4.79 Å². The first-order valence-electron chi connectivity index (χ1n) is 12.1. The third kappa shape index (κ3) is 5.03. The van der Waals surface area contributed by atoms with E-state index in [1.165, 1.54) is 11.1 Å². The lowest BCUT2D eigenvalue weighted by atomic mass is 9.98. The molecule has 3 aromatic rings. The summed E-state index contributed by atoms with van der Waals surface area (Å²) in [4.78, 5) is 14.7. The summed E-state index contributed by atoms with van der Waals surface area (Å²) in [5.74, 6) is -0.0311. The molecule has 7 nitrogen and oxygen atoms in total. The zero-order valence-electron chi connectivity index (χ0n) is 19.6. The summed E-state index contributed by atoms with van der Waals surface area (Å²) in [7, 11) is 0. The fraction of sp³-hybridized carbons (Fsp3) is 0.321. The maximum atomic E-state index is 12.4. The molecule has 35 heavy (non-hydrogen) atoms. The van der Waals surface area contributed by atoms with Gasteiger partial charge in [0.2, 0.25) is 0 Å². The Hall–Kier alpha value is -3.39. The van der Waals surface area contributed by atoms with Crippen LogP contribution in [-0.2, 0) is 4.74 Å². The fourth-order valence-electron chi connectivity index (χ4n) is 5.00. The van der Waals surface area contributed by atoms with Gasteiger partial charge in [0.15, 0.2) is 0 Å². The first kappa shape index (κ1) is 23.4. The predicted octanol–water partition coefficient (Wildman–Crippen LogP) is 3.03. The third-order valence-corrected chi connectivity index (χ3v) is 6.86. The number of anilines is 1. The molecule has 2 aliphatic rings. The second-order valence-electron chi connectivity index (χ2n) is 9.05. The number of nitrogens with zero attached hydrogens (tertiary/aromatic N) is 1. The van der Waals surface area contributed by atoms with Gasteiger partial charge in [-0.15, -0.1) is 0 Å². The number of alkyl carbamates (subject to hydrolysis) is 1. The molecule has 182 valence electrons. The Labute approximate surface area is 205 Å². The van der Waals surface area contributed by atoms with E-state index in [-0.39, 0.29) is 19.1 Å². The van der Waals surface area contributed by atoms with Gasteiger partial charge in [-0.1, -0.05) is 60.7 Å². The molecule has 0 radical (unpaired) electrons. The Bertz CT molecular complexity index is 1130. The van der Waals surface area contributed by atoms with Crippen molar-refractivity contribution < 1.29 is 19.7 Å². The molecule has 1 fully saturated rings. The molecule has 1 saturated heterocycles. The Morgan fingerprint density at radius 3 is 2.31 bits per heavy atom. The van der Waals surface area contributed by atoms with Gasteiger partial charge >= 0.3 is 6.09 Å². The lowest BCUT2D eigenvalue weighted by molar-refractivity contribution is 0.0186. The number of ether oxygens (including phenoxy) is 1. The van der Waals surface area contributed by atoms with Gasteiger partial charge in [-0.05, 0) is 39.9 Å². The van der Waals surface area contributed by atoms with Gasteiger partial charge in [0.05, 0.1) is 0 Å². The first-order chi connectivity index (χ1) is 17.1. The van der Waals surface area contributed by atoms with Crippen molar-refractivity contribution in [2.75, 3.05) is 44.2 Å². The van der Waals surface area contributed by atoms with E-state index in [2.05, 4.69) is 39.8 Å². The molecule has 1 aliphatic carbocycles. The number of carbonyl (C=O) groups excluding carboxylic acids is 1. The molecular formula is C28H31N3O4. The van der Waals surface area contributed by atoms with Crippen molar-refractivity contribution in [1.82, 2.24) is 10.6 Å². The number of aliphatic hydroxyl groups excluding tert-OH is 2. The van der Waals surface area contributed by atoms with Gasteiger partial charge in [-0.2, -0.15) is 0 Å². The van der Waals surface area contributed by atoms with E-state index in [0.717, 1.165) is 43.0 Å². The van der Waals surface area contributed by atoms with Crippen molar-refractivity contribution in [1.29, 1.82) is 0 Å². The highest BCUT2D eigenvalue weighted by atomic mass is 16.5. The van der Waals surface area contributed by atoms with E-state index in [0.29, 0.717) is 5.56 Å². The molecule has 1 aliphatic heterocycles. The summed E-state index contributed by atoms with van der Waals surface area (Å²) in [6, 6.07) is 23.9. The lowest BCUT2D eigenvalue weighted by Crippen LogP contribution is -2.43. The highest BCUT2D eigenvalue weighted by molar-refractivity contribution is 5.79. The smallest absolute Gasteiger partial charge is 0.407 e. The van der Waals surface area contributed by atoms with Crippen LogP contribution in [0.15, 0.2) is 72.8 Å². The van der Waals surface area contributed by atoms with Crippen molar-refractivity contribution in [3.63, 3.8) is 0 Å². The predicted molar refractivity (Wildman–Crippen MR) is 136 cm³/mol. The number of rotatable bonds is 7. The van der Waals surface area contributed by atoms with Gasteiger partial charge in [-0.3, -0.25) is 0 Å². The number of fused-ring (bicyclic) bond motifs is 3. The molecule has 0 aromatic heterocycles. The van der Waals surface area contributed by atoms with Crippen LogP contribution >= 0.6 is 0 Å². The Morgan fingerprint density at radius 1 is 0.971 bits per heavy atom. The Kier molecular flexibility index (Phi) is 6.99. The Morgan fingerprint density at radius 2 is 1.63 bits per heavy atom. The van der Waals surface area contributed by atoms with Gasteiger partial charge in [0, 0.05) is 44.3 Å². The highest BCUT2D eigenvalue weighted by Gasteiger charge is 2.29. The number of carbonyl (C=O) groups is 1. The van der Waals surface area contributed by atoms with E-state index in [9.17, 15) is 15.0 Å². The van der Waals surface area contributed by atoms with Gasteiger partial charge in [0.25, 0.3) is 0 Å². The minimum absolute atomic E-state index is 0.0311. The standard InChI is InChI=1S/C28H31N3O4/c32-26(27(33)19-6-5-7-20(16-19)31-14-12-29-13-15-31)17-30-28(34)35-18-25-23-10-3-1-8-21(23)22-9-2-4-11-24(22)25/h1-11,16,25-27,29,32-33H,12-15,17-18H2,(H,30,34). The van der Waals surface area contributed by atoms with Crippen LogP contribution in [0, 0.1) is 0 Å². The van der Waals surface area contributed by atoms with Crippen molar-refractivity contribution in [2.24, 2.45) is 0 Å². The van der Waals surface area contributed by atoms with Crippen molar-refractivity contribution >= 4 is 11.8 Å². The molecule has 0 bridgehead atoms. The average molecular weight is 474 g/mol. The zero-order valence-corrected chi connectivity index (χ0v) is 19.6. The van der Waals surface area contributed by atoms with Crippen LogP contribution in [0.25, 0.3) is 11.1 Å². The minimum atomic E-state index is -1.16. The molecule has 1 amide bonds. The number of nitrogens with one attached hydrogen (secondary N) is 2. The number of aliphatic hydroxyl groups is 2. The summed E-state index contributed by atoms with van der Waals surface area (Å²) in [5, 5.41) is 27.1. The number of piperazine rings is 1. The number of amides is 1. The van der Waals surface area contributed by atoms with E-state index >= 15 is 0 Å². The maximum absolute atomic E-state index is 12.4. The van der Waals surface area contributed by atoms with Crippen LogP contribution in [0.2, 0.25) is 0 Å². The second kappa shape index (κ2) is 10.5. The zero-order chi connectivity index (χ0) is 24.2. The molecule has 3 aromatic carbocycles. The highest BCUT2D eigenvalue weighted by Crippen LogP contribution is 2.44. The second-order valence-corrected chi connectivity index (χ2v) is 9.05. The van der Waals surface area contributed by atoms with Crippen LogP contribution in [0.5, 0.6) is 0 Å². The normalized spacial score (nSPS) is 16.8. The quantitative estimate of drug-likeness (QED) is 0.422. The maximum Gasteiger partial charge on any atom is 0.407 e. The number of benzene rings is 3. The van der Waals surface area contributed by atoms with Crippen molar-refractivity contribution in [2.45, 2.75) is 18.1 Å². The van der Waals surface area contributed by atoms with E-state index in [4.69, 9.17) is 4.74 Å². The number of hydrogen-bond acceptors (Lipinski definition) is 6. The van der Waals surface area contributed by atoms with Crippen LogP contribution < -0.4 is 15.5 Å². The summed E-state index contributed by atoms with van der Waals surface area (Å²) in [6.07, 6.45) is -2.90. The summed E-state index contributed by atoms with van der Waals surface area (Å²) < 4.78 is 5.52. The van der Waals surface area contributed by atoms with Gasteiger partial charge in [0.1, 0.15) is 18.8 Å². The topological polar surface area (TPSA) is 94.1 Å². The molecule has 2 atom stereocenters.